The molecule has 1 rings (SSSR count). The van der Waals surface area contributed by atoms with Gasteiger partial charge in [0.2, 0.25) is 8.32 Å². The minimum atomic E-state index is -1.76. The van der Waals surface area contributed by atoms with Gasteiger partial charge in [0.25, 0.3) is 0 Å². The smallest absolute Gasteiger partial charge is 0.321 e. The molecule has 0 atom stereocenters. The van der Waals surface area contributed by atoms with Gasteiger partial charge in [-0.1, -0.05) is 6.08 Å². The Morgan fingerprint density at radius 2 is 1.83 bits per heavy atom. The maximum Gasteiger partial charge on any atom is 0.321 e. The third-order valence-corrected chi connectivity index (χ3v) is 9.02. The van der Waals surface area contributed by atoms with E-state index in [0.29, 0.717) is 0 Å². The van der Waals surface area contributed by atoms with E-state index < -0.39 is 16.9 Å². The highest BCUT2D eigenvalue weighted by atomic mass is 28.4. The highest BCUT2D eigenvalue weighted by Gasteiger charge is 2.41. The fourth-order valence-corrected chi connectivity index (χ4v) is 9.00. The molecule has 1 fully saturated rings. The highest BCUT2D eigenvalue weighted by molar-refractivity contribution is 6.87. The van der Waals surface area contributed by atoms with Crippen molar-refractivity contribution in [3.8, 4) is 0 Å². The van der Waals surface area contributed by atoms with E-state index in [2.05, 4.69) is 39.2 Å². The molecule has 12 heavy (non-hydrogen) atoms. The van der Waals surface area contributed by atoms with E-state index in [9.17, 15) is 0 Å². The lowest BCUT2D eigenvalue weighted by Crippen LogP contribution is -2.54. The van der Waals surface area contributed by atoms with E-state index >= 15 is 0 Å². The van der Waals surface area contributed by atoms with Crippen LogP contribution in [0.15, 0.2) is 11.3 Å². The van der Waals surface area contributed by atoms with Crippen molar-refractivity contribution in [2.75, 3.05) is 6.61 Å². The molecule has 70 valence electrons. The molecule has 0 amide bonds. The first kappa shape index (κ1) is 10.2. The molecule has 0 N–H and O–H groups in total. The van der Waals surface area contributed by atoms with Crippen molar-refractivity contribution in [2.45, 2.75) is 33.1 Å². The minimum absolute atomic E-state index is 0.801. The summed E-state index contributed by atoms with van der Waals surface area (Å²) >= 11 is 0. The minimum Gasteiger partial charge on any atom is -0.432 e. The van der Waals surface area contributed by atoms with Crippen LogP contribution in [0.25, 0.3) is 0 Å². The fraction of sp³-hybridized carbons (Fsp3) is 0.750. The van der Waals surface area contributed by atoms with Gasteiger partial charge in [-0.3, -0.25) is 0 Å². The third-order valence-electron chi connectivity index (χ3n) is 2.20. The Labute approximate surface area is 77.0 Å². The molecule has 4 heteroatoms. The average Bonchev–Trinajstić information content (AvgIpc) is 1.83. The van der Waals surface area contributed by atoms with E-state index in [1.807, 2.05) is 0 Å². The predicted molar refractivity (Wildman–Crippen MR) is 55.8 cm³/mol. The van der Waals surface area contributed by atoms with Crippen molar-refractivity contribution in [1.82, 2.24) is 0 Å². The Balaban J connectivity index is 2.81. The molecule has 0 aliphatic carbocycles. The van der Waals surface area contributed by atoms with Crippen LogP contribution in [-0.4, -0.2) is 23.5 Å². The Kier molecular flexibility index (Phi) is 2.63. The number of allylic oxidation sites excluding steroid dienone is 1. The molecule has 1 aliphatic heterocycles. The predicted octanol–water partition coefficient (Wildman–Crippen LogP) is 2.43. The SMILES string of the molecule is C/C=C1\CO[Si](C)(C)O[Si]1(C)C. The number of hydrogen-bond acceptors (Lipinski definition) is 2. The zero-order chi connectivity index (χ0) is 9.41. The first-order valence-electron chi connectivity index (χ1n) is 4.37. The van der Waals surface area contributed by atoms with Crippen LogP contribution in [0.5, 0.6) is 0 Å². The average molecular weight is 202 g/mol. The van der Waals surface area contributed by atoms with E-state index in [-0.39, 0.29) is 0 Å². The van der Waals surface area contributed by atoms with Gasteiger partial charge in [0, 0.05) is 0 Å². The lowest BCUT2D eigenvalue weighted by atomic mass is 10.5. The summed E-state index contributed by atoms with van der Waals surface area (Å²) in [6.07, 6.45) is 2.15. The highest BCUT2D eigenvalue weighted by Crippen LogP contribution is 2.28. The summed E-state index contributed by atoms with van der Waals surface area (Å²) in [4.78, 5) is 0. The second-order valence-electron chi connectivity index (χ2n) is 4.11. The molecule has 0 aromatic rings. The standard InChI is InChI=1S/C8H18O2Si2/c1-6-8-7-9-12(4,5)10-11(8,2)3/h6H,7H2,1-5H3/b8-6+. The summed E-state index contributed by atoms with van der Waals surface area (Å²) in [7, 11) is -3.32. The van der Waals surface area contributed by atoms with Crippen LogP contribution in [0.2, 0.25) is 26.2 Å². The molecule has 0 spiro atoms. The zero-order valence-electron chi connectivity index (χ0n) is 8.60. The van der Waals surface area contributed by atoms with Crippen molar-refractivity contribution >= 4 is 16.9 Å². The first-order chi connectivity index (χ1) is 5.37. The molecular formula is C8H18O2Si2. The van der Waals surface area contributed by atoms with Crippen molar-refractivity contribution in [2.24, 2.45) is 0 Å². The van der Waals surface area contributed by atoms with Crippen LogP contribution >= 0.6 is 0 Å². The molecule has 0 radical (unpaired) electrons. The molecular weight excluding hydrogens is 184 g/mol. The summed E-state index contributed by atoms with van der Waals surface area (Å²) in [5.41, 5.74) is 0. The van der Waals surface area contributed by atoms with Crippen LogP contribution in [0.4, 0.5) is 0 Å². The molecule has 0 unspecified atom stereocenters. The Bertz CT molecular complexity index is 209. The van der Waals surface area contributed by atoms with Crippen LogP contribution in [0.3, 0.4) is 0 Å². The van der Waals surface area contributed by atoms with Gasteiger partial charge in [-0.25, -0.2) is 0 Å². The van der Waals surface area contributed by atoms with Crippen molar-refractivity contribution in [3.05, 3.63) is 11.3 Å². The maximum absolute atomic E-state index is 6.05. The Morgan fingerprint density at radius 1 is 1.25 bits per heavy atom. The van der Waals surface area contributed by atoms with E-state index in [1.54, 1.807) is 0 Å². The topological polar surface area (TPSA) is 18.5 Å². The summed E-state index contributed by atoms with van der Waals surface area (Å²) in [6.45, 7) is 11.6. The number of rotatable bonds is 0. The maximum atomic E-state index is 6.05. The van der Waals surface area contributed by atoms with Gasteiger partial charge in [0.05, 0.1) is 6.61 Å². The van der Waals surface area contributed by atoms with Gasteiger partial charge in [0.1, 0.15) is 0 Å². The normalized spacial score (nSPS) is 30.6. The van der Waals surface area contributed by atoms with Gasteiger partial charge in [-0.05, 0) is 38.3 Å². The molecule has 0 saturated carbocycles. The van der Waals surface area contributed by atoms with E-state index in [0.717, 1.165) is 6.61 Å². The fourth-order valence-electron chi connectivity index (χ4n) is 1.57. The third kappa shape index (κ3) is 2.07. The quantitative estimate of drug-likeness (QED) is 0.562. The molecule has 0 aromatic carbocycles. The molecule has 2 nitrogen and oxygen atoms in total. The van der Waals surface area contributed by atoms with Crippen molar-refractivity contribution in [1.29, 1.82) is 0 Å². The van der Waals surface area contributed by atoms with Crippen LogP contribution in [0, 0.1) is 0 Å². The molecule has 0 bridgehead atoms. The van der Waals surface area contributed by atoms with Gasteiger partial charge in [-0.2, -0.15) is 0 Å². The van der Waals surface area contributed by atoms with Gasteiger partial charge >= 0.3 is 8.56 Å². The molecule has 1 aliphatic rings. The van der Waals surface area contributed by atoms with Crippen LogP contribution in [-0.2, 0) is 8.54 Å². The molecule has 0 aromatic heterocycles. The second kappa shape index (κ2) is 3.10. The summed E-state index contributed by atoms with van der Waals surface area (Å²) < 4.78 is 11.7. The first-order valence-corrected chi connectivity index (χ1v) is 10.1. The summed E-state index contributed by atoms with van der Waals surface area (Å²) in [5.74, 6) is 0. The van der Waals surface area contributed by atoms with Gasteiger partial charge < -0.3 is 8.54 Å². The number of hydrogen-bond donors (Lipinski definition) is 0. The van der Waals surface area contributed by atoms with Crippen LogP contribution in [0.1, 0.15) is 6.92 Å². The van der Waals surface area contributed by atoms with Crippen LogP contribution < -0.4 is 0 Å². The van der Waals surface area contributed by atoms with Gasteiger partial charge in [0.15, 0.2) is 0 Å². The second-order valence-corrected chi connectivity index (χ2v) is 11.7. The largest absolute Gasteiger partial charge is 0.432 e. The Morgan fingerprint density at radius 3 is 2.25 bits per heavy atom. The zero-order valence-corrected chi connectivity index (χ0v) is 10.6. The van der Waals surface area contributed by atoms with Crippen molar-refractivity contribution in [3.63, 3.8) is 0 Å². The lowest BCUT2D eigenvalue weighted by Gasteiger charge is -2.40. The molecule has 1 heterocycles. The lowest BCUT2D eigenvalue weighted by molar-refractivity contribution is 0.251. The van der Waals surface area contributed by atoms with Gasteiger partial charge in [-0.15, -0.1) is 0 Å². The monoisotopic (exact) mass is 202 g/mol. The van der Waals surface area contributed by atoms with E-state index in [1.165, 1.54) is 5.20 Å². The summed E-state index contributed by atoms with van der Waals surface area (Å²) in [5, 5.41) is 1.38. The summed E-state index contributed by atoms with van der Waals surface area (Å²) in [6, 6.07) is 0. The van der Waals surface area contributed by atoms with E-state index in [4.69, 9.17) is 8.54 Å². The Hall–Kier alpha value is 0.0938. The molecule has 1 saturated heterocycles. The van der Waals surface area contributed by atoms with Crippen molar-refractivity contribution < 1.29 is 8.54 Å².